The van der Waals surface area contributed by atoms with Gasteiger partial charge in [-0.25, -0.2) is 0 Å². The lowest BCUT2D eigenvalue weighted by atomic mass is 9.87. The largest absolute Gasteiger partial charge is 0.469 e. The summed E-state index contributed by atoms with van der Waals surface area (Å²) in [4.78, 5) is 11.8. The van der Waals surface area contributed by atoms with Gasteiger partial charge in [0.2, 0.25) is 0 Å². The highest BCUT2D eigenvalue weighted by Crippen LogP contribution is 2.23. The molecule has 2 nitrogen and oxygen atoms in total. The van der Waals surface area contributed by atoms with Crippen LogP contribution in [0, 0.1) is 11.8 Å². The van der Waals surface area contributed by atoms with E-state index in [9.17, 15) is 4.79 Å². The minimum Gasteiger partial charge on any atom is -0.469 e. The predicted molar refractivity (Wildman–Crippen MR) is 79.0 cm³/mol. The van der Waals surface area contributed by atoms with Crippen molar-refractivity contribution in [1.29, 1.82) is 0 Å². The maximum atomic E-state index is 11.8. The first-order valence-electron chi connectivity index (χ1n) is 7.30. The average Bonchev–Trinajstić information content (AvgIpc) is 2.47. The Morgan fingerprint density at radius 3 is 2.47 bits per heavy atom. The zero-order chi connectivity index (χ0) is 14.1. The Morgan fingerprint density at radius 2 is 1.89 bits per heavy atom. The molecule has 0 aliphatic rings. The second kappa shape index (κ2) is 8.73. The molecule has 0 amide bonds. The second-order valence-corrected chi connectivity index (χ2v) is 5.25. The van der Waals surface area contributed by atoms with Crippen molar-refractivity contribution in [2.45, 2.75) is 46.0 Å². The molecule has 2 unspecified atom stereocenters. The molecule has 0 fully saturated rings. The first-order chi connectivity index (χ1) is 9.19. The van der Waals surface area contributed by atoms with E-state index in [1.54, 1.807) is 0 Å². The van der Waals surface area contributed by atoms with Gasteiger partial charge in [-0.1, -0.05) is 57.0 Å². The highest BCUT2D eigenvalue weighted by Gasteiger charge is 2.23. The van der Waals surface area contributed by atoms with Crippen LogP contribution in [0.25, 0.3) is 0 Å². The van der Waals surface area contributed by atoms with Crippen LogP contribution >= 0.6 is 0 Å². The molecule has 0 saturated heterocycles. The van der Waals surface area contributed by atoms with Crippen molar-refractivity contribution in [2.24, 2.45) is 11.8 Å². The summed E-state index contributed by atoms with van der Waals surface area (Å²) in [5.74, 6) is 0.420. The van der Waals surface area contributed by atoms with Crippen LogP contribution in [0.5, 0.6) is 0 Å². The van der Waals surface area contributed by atoms with Gasteiger partial charge in [-0.05, 0) is 30.7 Å². The first-order valence-corrected chi connectivity index (χ1v) is 7.30. The fourth-order valence-electron chi connectivity index (χ4n) is 2.41. The Hall–Kier alpha value is -1.31. The normalized spacial score (nSPS) is 13.8. The van der Waals surface area contributed by atoms with E-state index in [0.717, 1.165) is 32.1 Å². The summed E-state index contributed by atoms with van der Waals surface area (Å²) in [5, 5.41) is 0. The van der Waals surface area contributed by atoms with Gasteiger partial charge in [0.25, 0.3) is 0 Å². The molecule has 0 saturated carbocycles. The van der Waals surface area contributed by atoms with Gasteiger partial charge in [0.15, 0.2) is 0 Å². The maximum absolute atomic E-state index is 11.8. The van der Waals surface area contributed by atoms with Gasteiger partial charge in [0, 0.05) is 0 Å². The van der Waals surface area contributed by atoms with E-state index >= 15 is 0 Å². The lowest BCUT2D eigenvalue weighted by Gasteiger charge is -2.20. The molecule has 0 heterocycles. The second-order valence-electron chi connectivity index (χ2n) is 5.25. The fraction of sp³-hybridized carbons (Fsp3) is 0.588. The molecule has 0 bridgehead atoms. The molecule has 2 atom stereocenters. The van der Waals surface area contributed by atoms with Gasteiger partial charge in [0.1, 0.15) is 0 Å². The number of esters is 1. The number of carbonyl (C=O) groups is 1. The van der Waals surface area contributed by atoms with Crippen molar-refractivity contribution >= 4 is 5.97 Å². The van der Waals surface area contributed by atoms with Gasteiger partial charge in [-0.3, -0.25) is 4.79 Å². The number of rotatable bonds is 8. The van der Waals surface area contributed by atoms with Crippen LogP contribution in [-0.2, 0) is 16.0 Å². The number of benzene rings is 1. The quantitative estimate of drug-likeness (QED) is 0.517. The van der Waals surface area contributed by atoms with E-state index in [1.165, 1.54) is 12.7 Å². The number of carbonyl (C=O) groups excluding carboxylic acids is 1. The first kappa shape index (κ1) is 15.7. The van der Waals surface area contributed by atoms with Gasteiger partial charge in [0.05, 0.1) is 13.0 Å². The van der Waals surface area contributed by atoms with Crippen LogP contribution in [0.1, 0.15) is 45.1 Å². The number of methoxy groups -OCH3 is 1. The third kappa shape index (κ3) is 5.46. The molecule has 1 rings (SSSR count). The van der Waals surface area contributed by atoms with E-state index in [-0.39, 0.29) is 11.9 Å². The van der Waals surface area contributed by atoms with E-state index in [0.29, 0.717) is 5.92 Å². The van der Waals surface area contributed by atoms with Crippen molar-refractivity contribution in [2.75, 3.05) is 7.11 Å². The fourth-order valence-corrected chi connectivity index (χ4v) is 2.41. The van der Waals surface area contributed by atoms with Gasteiger partial charge < -0.3 is 4.74 Å². The number of hydrogen-bond donors (Lipinski definition) is 0. The molecular weight excluding hydrogens is 236 g/mol. The Balaban J connectivity index is 2.34. The van der Waals surface area contributed by atoms with Crippen molar-refractivity contribution in [3.8, 4) is 0 Å². The zero-order valence-corrected chi connectivity index (χ0v) is 12.4. The molecule has 0 aromatic heterocycles. The molecule has 1 aromatic rings. The Kier molecular flexibility index (Phi) is 7.24. The monoisotopic (exact) mass is 262 g/mol. The van der Waals surface area contributed by atoms with Crippen molar-refractivity contribution in [3.63, 3.8) is 0 Å². The smallest absolute Gasteiger partial charge is 0.308 e. The SMILES string of the molecule is CCC(C)C(CCCCc1ccccc1)C(=O)OC. The van der Waals surface area contributed by atoms with Gasteiger partial charge in [-0.15, -0.1) is 0 Å². The molecule has 19 heavy (non-hydrogen) atoms. The van der Waals surface area contributed by atoms with Gasteiger partial charge >= 0.3 is 5.97 Å². The summed E-state index contributed by atoms with van der Waals surface area (Å²) in [6.45, 7) is 4.27. The Labute approximate surface area is 117 Å². The highest BCUT2D eigenvalue weighted by atomic mass is 16.5. The van der Waals surface area contributed by atoms with Crippen molar-refractivity contribution < 1.29 is 9.53 Å². The minimum atomic E-state index is -0.0472. The molecule has 0 aliphatic carbocycles. The standard InChI is InChI=1S/C17H26O2/c1-4-14(2)16(17(18)19-3)13-9-8-12-15-10-6-5-7-11-15/h5-7,10-11,14,16H,4,8-9,12-13H2,1-3H3. The molecule has 0 aliphatic heterocycles. The van der Waals surface area contributed by atoms with E-state index < -0.39 is 0 Å². The zero-order valence-electron chi connectivity index (χ0n) is 12.4. The van der Waals surface area contributed by atoms with Crippen LogP contribution in [-0.4, -0.2) is 13.1 Å². The average molecular weight is 262 g/mol. The number of unbranched alkanes of at least 4 members (excludes halogenated alkanes) is 1. The van der Waals surface area contributed by atoms with Crippen LogP contribution in [0.15, 0.2) is 30.3 Å². The third-order valence-electron chi connectivity index (χ3n) is 3.91. The Morgan fingerprint density at radius 1 is 1.21 bits per heavy atom. The topological polar surface area (TPSA) is 26.3 Å². The van der Waals surface area contributed by atoms with Crippen molar-refractivity contribution in [3.05, 3.63) is 35.9 Å². The molecule has 0 radical (unpaired) electrons. The summed E-state index contributed by atoms with van der Waals surface area (Å²) in [6.07, 6.45) is 5.27. The van der Waals surface area contributed by atoms with Crippen LogP contribution in [0.3, 0.4) is 0 Å². The number of aryl methyl sites for hydroxylation is 1. The molecule has 1 aromatic carbocycles. The third-order valence-corrected chi connectivity index (χ3v) is 3.91. The molecule has 2 heteroatoms. The van der Waals surface area contributed by atoms with E-state index in [4.69, 9.17) is 4.74 Å². The molecular formula is C17H26O2. The molecule has 0 N–H and O–H groups in total. The summed E-state index contributed by atoms with van der Waals surface area (Å²) >= 11 is 0. The number of hydrogen-bond acceptors (Lipinski definition) is 2. The summed E-state index contributed by atoms with van der Waals surface area (Å²) < 4.78 is 4.91. The Bertz CT molecular complexity index is 359. The molecule has 106 valence electrons. The van der Waals surface area contributed by atoms with Gasteiger partial charge in [-0.2, -0.15) is 0 Å². The lowest BCUT2D eigenvalue weighted by molar-refractivity contribution is -0.147. The number of ether oxygens (including phenoxy) is 1. The van der Waals surface area contributed by atoms with Crippen molar-refractivity contribution in [1.82, 2.24) is 0 Å². The lowest BCUT2D eigenvalue weighted by Crippen LogP contribution is -2.23. The summed E-state index contributed by atoms with van der Waals surface area (Å²) in [7, 11) is 1.49. The van der Waals surface area contributed by atoms with E-state index in [2.05, 4.69) is 38.1 Å². The van der Waals surface area contributed by atoms with Crippen LogP contribution < -0.4 is 0 Å². The van der Waals surface area contributed by atoms with Crippen LogP contribution in [0.2, 0.25) is 0 Å². The highest BCUT2D eigenvalue weighted by molar-refractivity contribution is 5.72. The van der Waals surface area contributed by atoms with Crippen LogP contribution in [0.4, 0.5) is 0 Å². The minimum absolute atomic E-state index is 0.0472. The summed E-state index contributed by atoms with van der Waals surface area (Å²) in [5.41, 5.74) is 1.38. The predicted octanol–water partition coefficient (Wildman–Crippen LogP) is 4.23. The molecule has 0 spiro atoms. The maximum Gasteiger partial charge on any atom is 0.308 e. The summed E-state index contributed by atoms with van der Waals surface area (Å²) in [6, 6.07) is 10.5. The van der Waals surface area contributed by atoms with E-state index in [1.807, 2.05) is 6.07 Å².